The molecular weight excluding hydrogens is 324 g/mol. The average Bonchev–Trinajstić information content (AvgIpc) is 2.61. The molecule has 1 aromatic heterocycles. The van der Waals surface area contributed by atoms with E-state index in [1.165, 1.54) is 0 Å². The van der Waals surface area contributed by atoms with Crippen LogP contribution in [-0.2, 0) is 13.0 Å². The Bertz CT molecular complexity index is 472. The van der Waals surface area contributed by atoms with Crippen molar-refractivity contribution in [3.63, 3.8) is 0 Å². The standard InChI is InChI=1S/C14H23BrN2OS/c1-5-17-11(12(15)10(2)16-17)8-14(18)9-19-7-6-13(14,3)4/h18H,5-9H2,1-4H3. The first-order valence-electron chi connectivity index (χ1n) is 6.82. The van der Waals surface area contributed by atoms with Crippen molar-refractivity contribution >= 4 is 27.7 Å². The van der Waals surface area contributed by atoms with Gasteiger partial charge in [0, 0.05) is 18.7 Å². The lowest BCUT2D eigenvalue weighted by Gasteiger charge is -2.46. The molecule has 0 aliphatic carbocycles. The van der Waals surface area contributed by atoms with E-state index in [4.69, 9.17) is 0 Å². The van der Waals surface area contributed by atoms with Crippen LogP contribution in [0.4, 0.5) is 0 Å². The molecule has 0 amide bonds. The number of rotatable bonds is 3. The van der Waals surface area contributed by atoms with Gasteiger partial charge in [0.15, 0.2) is 0 Å². The van der Waals surface area contributed by atoms with Crippen LogP contribution in [0.3, 0.4) is 0 Å². The first-order valence-corrected chi connectivity index (χ1v) is 8.77. The van der Waals surface area contributed by atoms with Crippen molar-refractivity contribution < 1.29 is 5.11 Å². The topological polar surface area (TPSA) is 38.0 Å². The molecule has 0 spiro atoms. The number of aromatic nitrogens is 2. The highest BCUT2D eigenvalue weighted by molar-refractivity contribution is 9.10. The molecule has 1 saturated heterocycles. The predicted molar refractivity (Wildman–Crippen MR) is 84.7 cm³/mol. The summed E-state index contributed by atoms with van der Waals surface area (Å²) in [6.45, 7) is 9.30. The van der Waals surface area contributed by atoms with E-state index in [2.05, 4.69) is 41.8 Å². The molecule has 2 heterocycles. The molecule has 0 saturated carbocycles. The van der Waals surface area contributed by atoms with Gasteiger partial charge in [0.25, 0.3) is 0 Å². The molecule has 1 unspecified atom stereocenters. The number of aliphatic hydroxyl groups is 1. The van der Waals surface area contributed by atoms with Gasteiger partial charge >= 0.3 is 0 Å². The summed E-state index contributed by atoms with van der Waals surface area (Å²) in [4.78, 5) is 0. The van der Waals surface area contributed by atoms with Crippen LogP contribution in [-0.4, -0.2) is 32.0 Å². The Morgan fingerprint density at radius 2 is 2.16 bits per heavy atom. The second-order valence-electron chi connectivity index (χ2n) is 6.06. The molecule has 3 nitrogen and oxygen atoms in total. The molecule has 5 heteroatoms. The third kappa shape index (κ3) is 2.74. The van der Waals surface area contributed by atoms with Gasteiger partial charge in [0.05, 0.1) is 21.5 Å². The molecule has 1 aliphatic heterocycles. The van der Waals surface area contributed by atoms with Crippen molar-refractivity contribution in [3.8, 4) is 0 Å². The van der Waals surface area contributed by atoms with Crippen molar-refractivity contribution in [2.75, 3.05) is 11.5 Å². The van der Waals surface area contributed by atoms with Crippen LogP contribution in [0.5, 0.6) is 0 Å². The molecule has 1 atom stereocenters. The third-order valence-electron chi connectivity index (χ3n) is 4.38. The highest BCUT2D eigenvalue weighted by Crippen LogP contribution is 2.44. The van der Waals surface area contributed by atoms with Crippen LogP contribution in [0.25, 0.3) is 0 Å². The largest absolute Gasteiger partial charge is 0.388 e. The van der Waals surface area contributed by atoms with Gasteiger partial charge in [-0.25, -0.2) is 0 Å². The van der Waals surface area contributed by atoms with Crippen molar-refractivity contribution in [1.29, 1.82) is 0 Å². The average molecular weight is 347 g/mol. The fraction of sp³-hybridized carbons (Fsp3) is 0.786. The van der Waals surface area contributed by atoms with Gasteiger partial charge in [0.2, 0.25) is 0 Å². The zero-order valence-corrected chi connectivity index (χ0v) is 14.6. The normalized spacial score (nSPS) is 26.6. The third-order valence-corrected chi connectivity index (χ3v) is 6.59. The van der Waals surface area contributed by atoms with E-state index in [1.807, 2.05) is 23.4 Å². The minimum absolute atomic E-state index is 0.0472. The Balaban J connectivity index is 2.34. The summed E-state index contributed by atoms with van der Waals surface area (Å²) in [6.07, 6.45) is 1.73. The van der Waals surface area contributed by atoms with Gasteiger partial charge in [-0.05, 0) is 47.4 Å². The van der Waals surface area contributed by atoms with Crippen molar-refractivity contribution in [1.82, 2.24) is 9.78 Å². The van der Waals surface area contributed by atoms with Gasteiger partial charge in [-0.15, -0.1) is 0 Å². The van der Waals surface area contributed by atoms with Crippen molar-refractivity contribution in [2.24, 2.45) is 5.41 Å². The van der Waals surface area contributed by atoms with Crippen LogP contribution in [0.2, 0.25) is 0 Å². The maximum absolute atomic E-state index is 11.1. The second-order valence-corrected chi connectivity index (χ2v) is 7.95. The monoisotopic (exact) mass is 346 g/mol. The number of aryl methyl sites for hydroxylation is 2. The van der Waals surface area contributed by atoms with Gasteiger partial charge in [0.1, 0.15) is 0 Å². The SMILES string of the molecule is CCn1nc(C)c(Br)c1CC1(O)CSCCC1(C)C. The highest BCUT2D eigenvalue weighted by Gasteiger charge is 2.46. The maximum Gasteiger partial charge on any atom is 0.0844 e. The number of nitrogens with zero attached hydrogens (tertiary/aromatic N) is 2. The van der Waals surface area contributed by atoms with E-state index >= 15 is 0 Å². The van der Waals surface area contributed by atoms with E-state index in [-0.39, 0.29) is 5.41 Å². The molecule has 1 aliphatic rings. The summed E-state index contributed by atoms with van der Waals surface area (Å²) >= 11 is 5.48. The molecule has 1 N–H and O–H groups in total. The molecule has 19 heavy (non-hydrogen) atoms. The summed E-state index contributed by atoms with van der Waals surface area (Å²) in [5.74, 6) is 1.95. The molecule has 0 aromatic carbocycles. The molecular formula is C14H23BrN2OS. The first kappa shape index (κ1) is 15.4. The summed E-state index contributed by atoms with van der Waals surface area (Å²) in [6, 6.07) is 0. The van der Waals surface area contributed by atoms with Gasteiger partial charge in [-0.1, -0.05) is 13.8 Å². The highest BCUT2D eigenvalue weighted by atomic mass is 79.9. The lowest BCUT2D eigenvalue weighted by atomic mass is 9.71. The van der Waals surface area contributed by atoms with E-state index in [9.17, 15) is 5.11 Å². The van der Waals surface area contributed by atoms with Crippen LogP contribution < -0.4 is 0 Å². The fourth-order valence-electron chi connectivity index (χ4n) is 2.60. The summed E-state index contributed by atoms with van der Waals surface area (Å²) in [7, 11) is 0. The number of hydrogen-bond donors (Lipinski definition) is 1. The molecule has 1 fully saturated rings. The summed E-state index contributed by atoms with van der Waals surface area (Å²) < 4.78 is 3.06. The van der Waals surface area contributed by atoms with Crippen molar-refractivity contribution in [2.45, 2.75) is 52.7 Å². The Hall–Kier alpha value is -0.0000000000000000555. The maximum atomic E-state index is 11.1. The quantitative estimate of drug-likeness (QED) is 0.911. The van der Waals surface area contributed by atoms with Crippen LogP contribution >= 0.6 is 27.7 Å². The molecule has 0 bridgehead atoms. The Morgan fingerprint density at radius 1 is 1.47 bits per heavy atom. The first-order chi connectivity index (χ1) is 8.81. The summed E-state index contributed by atoms with van der Waals surface area (Å²) in [5.41, 5.74) is 1.42. The number of hydrogen-bond acceptors (Lipinski definition) is 3. The van der Waals surface area contributed by atoms with Crippen LogP contribution in [0, 0.1) is 12.3 Å². The zero-order valence-electron chi connectivity index (χ0n) is 12.2. The molecule has 0 radical (unpaired) electrons. The molecule has 108 valence electrons. The molecule has 1 aromatic rings. The predicted octanol–water partition coefficient (Wildman–Crippen LogP) is 3.41. The van der Waals surface area contributed by atoms with E-state index in [1.54, 1.807) is 0 Å². The summed E-state index contributed by atoms with van der Waals surface area (Å²) in [5, 5.41) is 15.6. The minimum Gasteiger partial charge on any atom is -0.388 e. The minimum atomic E-state index is -0.655. The smallest absolute Gasteiger partial charge is 0.0844 e. The van der Waals surface area contributed by atoms with Crippen molar-refractivity contribution in [3.05, 3.63) is 15.9 Å². The van der Waals surface area contributed by atoms with Crippen LogP contribution in [0.15, 0.2) is 4.47 Å². The lowest BCUT2D eigenvalue weighted by Crippen LogP contribution is -2.51. The Labute approximate surface area is 128 Å². The van der Waals surface area contributed by atoms with Gasteiger partial charge < -0.3 is 5.11 Å². The molecule has 2 rings (SSSR count). The Kier molecular flexibility index (Phi) is 4.38. The zero-order chi connectivity index (χ0) is 14.3. The van der Waals surface area contributed by atoms with E-state index in [0.717, 1.165) is 40.3 Å². The van der Waals surface area contributed by atoms with E-state index in [0.29, 0.717) is 6.42 Å². The lowest BCUT2D eigenvalue weighted by molar-refractivity contribution is -0.0527. The fourth-order valence-corrected chi connectivity index (χ4v) is 4.66. The van der Waals surface area contributed by atoms with Gasteiger partial charge in [-0.2, -0.15) is 16.9 Å². The Morgan fingerprint density at radius 3 is 2.74 bits per heavy atom. The van der Waals surface area contributed by atoms with Crippen LogP contribution in [0.1, 0.15) is 38.6 Å². The van der Waals surface area contributed by atoms with Gasteiger partial charge in [-0.3, -0.25) is 4.68 Å². The number of halogens is 1. The number of thioether (sulfide) groups is 1. The van der Waals surface area contributed by atoms with E-state index < -0.39 is 5.60 Å². The second kappa shape index (κ2) is 5.41.